The van der Waals surface area contributed by atoms with Crippen LogP contribution in [0.5, 0.6) is 0 Å². The molecule has 0 amide bonds. The minimum atomic E-state index is 0.599. The molecule has 5 nitrogen and oxygen atoms in total. The molecule has 15 aromatic rings. The Labute approximate surface area is 436 Å². The van der Waals surface area contributed by atoms with Gasteiger partial charge in [0.15, 0.2) is 17.5 Å². The lowest BCUT2D eigenvalue weighted by Crippen LogP contribution is -2.04. The van der Waals surface area contributed by atoms with Crippen LogP contribution in [0.2, 0.25) is 0 Å². The minimum Gasteiger partial charge on any atom is -0.309 e. The topological polar surface area (TPSA) is 48.5 Å². The van der Waals surface area contributed by atoms with Crippen LogP contribution in [-0.4, -0.2) is 24.1 Å². The van der Waals surface area contributed by atoms with Crippen LogP contribution in [-0.2, 0) is 0 Å². The van der Waals surface area contributed by atoms with E-state index in [0.717, 1.165) is 71.3 Å². The molecule has 0 radical (unpaired) electrons. The van der Waals surface area contributed by atoms with E-state index in [-0.39, 0.29) is 0 Å². The SMILES string of the molecule is c1ccc(-c2ccc(-c3nc(-c4ccccc4)nc(-c4cccc5c4sc4ccccc45)n3)c(-n3c4ccccc4c4c(-c5cccc6c5c5ccc(-c7ccccc7)cc5n6-c5ccccc5)cccc43)c2)cc1. The summed E-state index contributed by atoms with van der Waals surface area (Å²) in [7, 11) is 0. The van der Waals surface area contributed by atoms with E-state index in [0.29, 0.717) is 17.5 Å². The van der Waals surface area contributed by atoms with Gasteiger partial charge in [0, 0.05) is 64.1 Å². The molecule has 0 N–H and O–H groups in total. The normalized spacial score (nSPS) is 11.7. The van der Waals surface area contributed by atoms with E-state index in [1.54, 1.807) is 11.3 Å². The Morgan fingerprint density at radius 3 is 1.48 bits per heavy atom. The van der Waals surface area contributed by atoms with Crippen LogP contribution in [0.15, 0.2) is 261 Å². The number of fused-ring (bicyclic) bond motifs is 9. The Kier molecular flexibility index (Phi) is 10.00. The van der Waals surface area contributed by atoms with Gasteiger partial charge >= 0.3 is 0 Å². The Balaban J connectivity index is 1.00. The predicted octanol–water partition coefficient (Wildman–Crippen LogP) is 18.4. The van der Waals surface area contributed by atoms with E-state index in [1.165, 1.54) is 53.9 Å². The lowest BCUT2D eigenvalue weighted by molar-refractivity contribution is 1.07. The molecular weight excluding hydrogens is 931 g/mol. The molecule has 0 aliphatic carbocycles. The fourth-order valence-corrected chi connectivity index (χ4v) is 12.6. The van der Waals surface area contributed by atoms with Crippen molar-refractivity contribution in [1.29, 1.82) is 0 Å². The number of rotatable bonds is 8. The highest BCUT2D eigenvalue weighted by molar-refractivity contribution is 7.26. The summed E-state index contributed by atoms with van der Waals surface area (Å²) in [6, 6.07) is 93.6. The van der Waals surface area contributed by atoms with Gasteiger partial charge in [-0.15, -0.1) is 11.3 Å². The average Bonchev–Trinajstić information content (AvgIpc) is 4.21. The largest absolute Gasteiger partial charge is 0.309 e. The fraction of sp³-hybridized carbons (Fsp3) is 0. The summed E-state index contributed by atoms with van der Waals surface area (Å²) in [6.45, 7) is 0. The van der Waals surface area contributed by atoms with E-state index in [2.05, 4.69) is 252 Å². The van der Waals surface area contributed by atoms with Gasteiger partial charge in [0.1, 0.15) is 0 Å². The van der Waals surface area contributed by atoms with Crippen molar-refractivity contribution < 1.29 is 0 Å². The summed E-state index contributed by atoms with van der Waals surface area (Å²) in [4.78, 5) is 16.2. The van der Waals surface area contributed by atoms with Crippen LogP contribution in [0.1, 0.15) is 0 Å². The van der Waals surface area contributed by atoms with Gasteiger partial charge in [-0.1, -0.05) is 200 Å². The summed E-state index contributed by atoms with van der Waals surface area (Å²) in [6.07, 6.45) is 0. The smallest absolute Gasteiger partial charge is 0.166 e. The molecule has 0 saturated carbocycles. The predicted molar refractivity (Wildman–Crippen MR) is 314 cm³/mol. The first-order valence-electron chi connectivity index (χ1n) is 25.3. The maximum absolute atomic E-state index is 5.50. The van der Waals surface area contributed by atoms with Crippen molar-refractivity contribution in [3.63, 3.8) is 0 Å². The van der Waals surface area contributed by atoms with E-state index >= 15 is 0 Å². The summed E-state index contributed by atoms with van der Waals surface area (Å²) in [5.41, 5.74) is 16.3. The third-order valence-corrected chi connectivity index (χ3v) is 16.0. The second-order valence-corrected chi connectivity index (χ2v) is 20.1. The Bertz CT molecular complexity index is 4690. The molecule has 11 aromatic carbocycles. The van der Waals surface area contributed by atoms with E-state index < -0.39 is 0 Å². The first kappa shape index (κ1) is 42.9. The quantitative estimate of drug-likeness (QED) is 0.152. The average molecular weight is 974 g/mol. The highest BCUT2D eigenvalue weighted by Gasteiger charge is 2.25. The van der Waals surface area contributed by atoms with Gasteiger partial charge in [-0.2, -0.15) is 0 Å². The van der Waals surface area contributed by atoms with Crippen LogP contribution in [0.25, 0.3) is 143 Å². The zero-order valence-electron chi connectivity index (χ0n) is 40.5. The van der Waals surface area contributed by atoms with Crippen LogP contribution in [0, 0.1) is 0 Å². The van der Waals surface area contributed by atoms with Crippen LogP contribution in [0.4, 0.5) is 0 Å². The molecular formula is C69H43N5S. The molecule has 4 aromatic heterocycles. The molecule has 0 aliphatic rings. The first-order valence-corrected chi connectivity index (χ1v) is 26.2. The van der Waals surface area contributed by atoms with Crippen LogP contribution >= 0.6 is 11.3 Å². The molecule has 15 rings (SSSR count). The van der Waals surface area contributed by atoms with Gasteiger partial charge in [0.05, 0.1) is 27.8 Å². The van der Waals surface area contributed by atoms with Crippen LogP contribution < -0.4 is 0 Å². The van der Waals surface area contributed by atoms with Crippen molar-refractivity contribution in [2.24, 2.45) is 0 Å². The molecule has 0 unspecified atom stereocenters. The van der Waals surface area contributed by atoms with Gasteiger partial charge in [0.2, 0.25) is 0 Å². The number of benzene rings is 11. The number of nitrogens with zero attached hydrogens (tertiary/aromatic N) is 5. The summed E-state index contributed by atoms with van der Waals surface area (Å²) in [5, 5.41) is 7.18. The fourth-order valence-electron chi connectivity index (χ4n) is 11.4. The monoisotopic (exact) mass is 973 g/mol. The molecule has 0 saturated heterocycles. The van der Waals surface area contributed by atoms with E-state index in [4.69, 9.17) is 15.0 Å². The zero-order chi connectivity index (χ0) is 49.4. The van der Waals surface area contributed by atoms with Gasteiger partial charge < -0.3 is 9.13 Å². The molecule has 0 spiro atoms. The van der Waals surface area contributed by atoms with Gasteiger partial charge in [0.25, 0.3) is 0 Å². The van der Waals surface area contributed by atoms with E-state index in [9.17, 15) is 0 Å². The highest BCUT2D eigenvalue weighted by atomic mass is 32.1. The highest BCUT2D eigenvalue weighted by Crippen LogP contribution is 2.46. The summed E-state index contributed by atoms with van der Waals surface area (Å²) >= 11 is 1.78. The van der Waals surface area contributed by atoms with Crippen LogP contribution in [0.3, 0.4) is 0 Å². The molecule has 4 heterocycles. The number of aromatic nitrogens is 5. The van der Waals surface area contributed by atoms with Gasteiger partial charge in [-0.3, -0.25) is 0 Å². The first-order chi connectivity index (χ1) is 37.2. The molecule has 0 bridgehead atoms. The maximum Gasteiger partial charge on any atom is 0.166 e. The van der Waals surface area contributed by atoms with Crippen molar-refractivity contribution in [2.75, 3.05) is 0 Å². The molecule has 75 heavy (non-hydrogen) atoms. The third-order valence-electron chi connectivity index (χ3n) is 14.8. The molecule has 0 fully saturated rings. The number of para-hydroxylation sites is 2. The van der Waals surface area contributed by atoms with Crippen molar-refractivity contribution in [3.8, 4) is 78.9 Å². The Morgan fingerprint density at radius 2 is 0.773 bits per heavy atom. The second-order valence-electron chi connectivity index (χ2n) is 19.1. The van der Waals surface area contributed by atoms with Crippen molar-refractivity contribution in [2.45, 2.75) is 0 Å². The summed E-state index contributed by atoms with van der Waals surface area (Å²) in [5.74, 6) is 1.86. The maximum atomic E-state index is 5.50. The van der Waals surface area contributed by atoms with E-state index in [1.807, 2.05) is 18.2 Å². The lowest BCUT2D eigenvalue weighted by atomic mass is 9.95. The number of thiophene rings is 1. The standard InChI is InChI=1S/C69H43N5S/c1-5-20-44(21-6-1)47-38-40-55-61(42-47)73(49-26-11-4-12-27-49)59-35-18-30-52(65(55)59)51-31-19-36-60-64(51)54-29-13-15-34-58(54)74(60)62-43-48(45-22-7-2-8-23-45)39-41-56(62)68-70-67(46-24-9-3-10-25-46)71-69(72-68)57-33-17-32-53-50-28-14-16-37-63(50)75-66(53)57/h1-43H. The van der Waals surface area contributed by atoms with Crippen molar-refractivity contribution in [3.05, 3.63) is 261 Å². The minimum absolute atomic E-state index is 0.599. The third kappa shape index (κ3) is 7.03. The van der Waals surface area contributed by atoms with Gasteiger partial charge in [-0.25, -0.2) is 15.0 Å². The van der Waals surface area contributed by atoms with Crippen molar-refractivity contribution >= 4 is 75.1 Å². The summed E-state index contributed by atoms with van der Waals surface area (Å²) < 4.78 is 7.26. The molecule has 0 aliphatic heterocycles. The second kappa shape index (κ2) is 17.5. The molecule has 350 valence electrons. The Hall–Kier alpha value is -9.75. The Morgan fingerprint density at radius 1 is 0.280 bits per heavy atom. The molecule has 6 heteroatoms. The molecule has 0 atom stereocenters. The van der Waals surface area contributed by atoms with Crippen molar-refractivity contribution in [1.82, 2.24) is 24.1 Å². The lowest BCUT2D eigenvalue weighted by Gasteiger charge is -2.17. The zero-order valence-corrected chi connectivity index (χ0v) is 41.3. The van der Waals surface area contributed by atoms with Gasteiger partial charge in [-0.05, 0) is 94.0 Å². The number of hydrogen-bond acceptors (Lipinski definition) is 4. The number of hydrogen-bond donors (Lipinski definition) is 0.